The number of benzene rings is 1. The molecular weight excluding hydrogens is 421 g/mol. The Labute approximate surface area is 181 Å². The molecule has 0 radical (unpaired) electrons. The summed E-state index contributed by atoms with van der Waals surface area (Å²) in [5.74, 6) is -0.656. The Morgan fingerprint density at radius 3 is 2.53 bits per heavy atom. The number of hydrogen-bond acceptors (Lipinski definition) is 7. The maximum atomic E-state index is 15.2. The molecule has 2 aromatic heterocycles. The third-order valence-corrected chi connectivity index (χ3v) is 5.47. The first-order valence-corrected chi connectivity index (χ1v) is 10.1. The predicted octanol–water partition coefficient (Wildman–Crippen LogP) is 0.261. The van der Waals surface area contributed by atoms with E-state index in [1.54, 1.807) is 30.3 Å². The van der Waals surface area contributed by atoms with Crippen molar-refractivity contribution in [2.45, 2.75) is 37.5 Å². The lowest BCUT2D eigenvalue weighted by Gasteiger charge is -2.19. The van der Waals surface area contributed by atoms with Crippen LogP contribution < -0.4 is 11.2 Å². The lowest BCUT2D eigenvalue weighted by molar-refractivity contribution is -0.0458. The molecule has 10 heteroatoms. The zero-order valence-electron chi connectivity index (χ0n) is 16.9. The Kier molecular flexibility index (Phi) is 6.28. The standard InChI is InChI=1S/C22H22FN3O6/c23-18-14(13-4-2-1-3-5-13)6-9-24-15(18)12-26-17(28)7-10-25(22(26)31)21-20(30)19(29)16(32-21)8-11-27/h1-7,9-10,16,19-21,27,29-30H,8,11-12H2. The lowest BCUT2D eigenvalue weighted by Crippen LogP contribution is -2.43. The van der Waals surface area contributed by atoms with Gasteiger partial charge in [-0.05, 0) is 18.1 Å². The van der Waals surface area contributed by atoms with Crippen molar-refractivity contribution in [2.24, 2.45) is 0 Å². The van der Waals surface area contributed by atoms with Gasteiger partial charge in [0.2, 0.25) is 0 Å². The summed E-state index contributed by atoms with van der Waals surface area (Å²) in [6.45, 7) is -0.714. The zero-order valence-corrected chi connectivity index (χ0v) is 16.9. The average Bonchev–Trinajstić information content (AvgIpc) is 3.07. The van der Waals surface area contributed by atoms with Gasteiger partial charge < -0.3 is 20.1 Å². The number of nitrogens with zero attached hydrogens (tertiary/aromatic N) is 3. The molecule has 32 heavy (non-hydrogen) atoms. The Morgan fingerprint density at radius 1 is 1.06 bits per heavy atom. The van der Waals surface area contributed by atoms with Crippen LogP contribution in [0.3, 0.4) is 0 Å². The summed E-state index contributed by atoms with van der Waals surface area (Å²) in [6.07, 6.45) is -2.32. The summed E-state index contributed by atoms with van der Waals surface area (Å²) in [5.41, 5.74) is -0.737. The van der Waals surface area contributed by atoms with Crippen LogP contribution in [0.1, 0.15) is 18.3 Å². The van der Waals surface area contributed by atoms with Crippen molar-refractivity contribution in [1.29, 1.82) is 0 Å². The molecule has 3 heterocycles. The van der Waals surface area contributed by atoms with E-state index < -0.39 is 48.2 Å². The van der Waals surface area contributed by atoms with Gasteiger partial charge in [-0.3, -0.25) is 18.9 Å². The van der Waals surface area contributed by atoms with Crippen molar-refractivity contribution in [3.05, 3.63) is 87.2 Å². The third kappa shape index (κ3) is 4.00. The van der Waals surface area contributed by atoms with Crippen LogP contribution in [0.5, 0.6) is 0 Å². The normalized spacial score (nSPS) is 22.9. The van der Waals surface area contributed by atoms with Crippen LogP contribution in [0.15, 0.2) is 64.4 Å². The number of aliphatic hydroxyl groups is 3. The largest absolute Gasteiger partial charge is 0.396 e. The summed E-state index contributed by atoms with van der Waals surface area (Å²) in [4.78, 5) is 29.4. The average molecular weight is 443 g/mol. The van der Waals surface area contributed by atoms with E-state index in [4.69, 9.17) is 9.84 Å². The van der Waals surface area contributed by atoms with Crippen LogP contribution in [0.2, 0.25) is 0 Å². The number of ether oxygens (including phenoxy) is 1. The van der Waals surface area contributed by atoms with Gasteiger partial charge in [0.15, 0.2) is 12.0 Å². The molecular formula is C22H22FN3O6. The van der Waals surface area contributed by atoms with E-state index in [0.29, 0.717) is 5.56 Å². The van der Waals surface area contributed by atoms with Crippen molar-refractivity contribution in [3.8, 4) is 11.1 Å². The number of rotatable bonds is 6. The number of aromatic nitrogens is 3. The summed E-state index contributed by atoms with van der Waals surface area (Å²) in [6, 6.07) is 11.4. The molecule has 1 aliphatic rings. The van der Waals surface area contributed by atoms with Crippen LogP contribution >= 0.6 is 0 Å². The molecule has 1 aromatic carbocycles. The summed E-state index contributed by atoms with van der Waals surface area (Å²) >= 11 is 0. The fourth-order valence-electron chi connectivity index (χ4n) is 3.78. The van der Waals surface area contributed by atoms with E-state index in [-0.39, 0.29) is 24.3 Å². The number of hydrogen-bond donors (Lipinski definition) is 3. The second kappa shape index (κ2) is 9.13. The lowest BCUT2D eigenvalue weighted by atomic mass is 10.1. The van der Waals surface area contributed by atoms with E-state index in [2.05, 4.69) is 4.98 Å². The molecule has 4 unspecified atom stereocenters. The molecule has 0 bridgehead atoms. The van der Waals surface area contributed by atoms with Gasteiger partial charge in [0.25, 0.3) is 5.56 Å². The highest BCUT2D eigenvalue weighted by Gasteiger charge is 2.43. The number of aliphatic hydroxyl groups excluding tert-OH is 3. The fraction of sp³-hybridized carbons (Fsp3) is 0.318. The highest BCUT2D eigenvalue weighted by atomic mass is 19.1. The Bertz CT molecular complexity index is 1210. The fourth-order valence-corrected chi connectivity index (χ4v) is 3.78. The first-order chi connectivity index (χ1) is 15.4. The maximum Gasteiger partial charge on any atom is 0.333 e. The molecule has 0 aliphatic carbocycles. The summed E-state index contributed by atoms with van der Waals surface area (Å²) in [7, 11) is 0. The van der Waals surface area contributed by atoms with Gasteiger partial charge >= 0.3 is 5.69 Å². The molecule has 3 N–H and O–H groups in total. The Balaban J connectivity index is 1.70. The minimum Gasteiger partial charge on any atom is -0.396 e. The SMILES string of the molecule is O=c1ccn(C2OC(CCO)C(O)C2O)c(=O)n1Cc1nccc(-c2ccccc2)c1F. The van der Waals surface area contributed by atoms with Crippen LogP contribution in [0.25, 0.3) is 11.1 Å². The van der Waals surface area contributed by atoms with E-state index >= 15 is 4.39 Å². The van der Waals surface area contributed by atoms with Crippen molar-refractivity contribution in [1.82, 2.24) is 14.1 Å². The number of pyridine rings is 1. The quantitative estimate of drug-likeness (QED) is 0.499. The van der Waals surface area contributed by atoms with Crippen LogP contribution in [-0.2, 0) is 11.3 Å². The molecule has 1 fully saturated rings. The van der Waals surface area contributed by atoms with Crippen LogP contribution in [0.4, 0.5) is 4.39 Å². The van der Waals surface area contributed by atoms with Gasteiger partial charge in [-0.25, -0.2) is 9.18 Å². The molecule has 0 saturated carbocycles. The zero-order chi connectivity index (χ0) is 22.8. The molecule has 168 valence electrons. The van der Waals surface area contributed by atoms with E-state index in [0.717, 1.165) is 21.4 Å². The minimum atomic E-state index is -1.45. The van der Waals surface area contributed by atoms with Crippen molar-refractivity contribution in [3.63, 3.8) is 0 Å². The monoisotopic (exact) mass is 443 g/mol. The van der Waals surface area contributed by atoms with Crippen molar-refractivity contribution >= 4 is 0 Å². The molecule has 1 aliphatic heterocycles. The summed E-state index contributed by atoms with van der Waals surface area (Å²) < 4.78 is 22.4. The number of halogens is 1. The first-order valence-electron chi connectivity index (χ1n) is 10.1. The molecule has 4 atom stereocenters. The van der Waals surface area contributed by atoms with Gasteiger partial charge in [-0.15, -0.1) is 0 Å². The smallest absolute Gasteiger partial charge is 0.333 e. The van der Waals surface area contributed by atoms with Crippen molar-refractivity contribution in [2.75, 3.05) is 6.61 Å². The van der Waals surface area contributed by atoms with Crippen molar-refractivity contribution < 1.29 is 24.4 Å². The topological polar surface area (TPSA) is 127 Å². The minimum absolute atomic E-state index is 0.0600. The molecule has 4 rings (SSSR count). The third-order valence-electron chi connectivity index (χ3n) is 5.47. The maximum absolute atomic E-state index is 15.2. The van der Waals surface area contributed by atoms with Gasteiger partial charge in [0.05, 0.1) is 18.3 Å². The van der Waals surface area contributed by atoms with Gasteiger partial charge in [0.1, 0.15) is 12.2 Å². The molecule has 0 amide bonds. The summed E-state index contributed by atoms with van der Waals surface area (Å²) in [5, 5.41) is 29.5. The van der Waals surface area contributed by atoms with Crippen LogP contribution in [0, 0.1) is 5.82 Å². The highest BCUT2D eigenvalue weighted by molar-refractivity contribution is 5.64. The highest BCUT2D eigenvalue weighted by Crippen LogP contribution is 2.30. The predicted molar refractivity (Wildman–Crippen MR) is 111 cm³/mol. The van der Waals surface area contributed by atoms with E-state index in [9.17, 15) is 19.8 Å². The Hall–Kier alpha value is -3.18. The molecule has 3 aromatic rings. The van der Waals surface area contributed by atoms with Gasteiger partial charge in [-0.2, -0.15) is 0 Å². The molecule has 1 saturated heterocycles. The van der Waals surface area contributed by atoms with Crippen LogP contribution in [-0.4, -0.2) is 54.4 Å². The second-order valence-electron chi connectivity index (χ2n) is 7.47. The Morgan fingerprint density at radius 2 is 1.81 bits per heavy atom. The molecule has 0 spiro atoms. The van der Waals surface area contributed by atoms with Gasteiger partial charge in [0, 0.05) is 30.6 Å². The van der Waals surface area contributed by atoms with Gasteiger partial charge in [-0.1, -0.05) is 30.3 Å². The van der Waals surface area contributed by atoms with E-state index in [1.165, 1.54) is 12.3 Å². The second-order valence-corrected chi connectivity index (χ2v) is 7.47. The molecule has 9 nitrogen and oxygen atoms in total. The van der Waals surface area contributed by atoms with E-state index in [1.807, 2.05) is 0 Å². The first kappa shape index (κ1) is 22.0.